The summed E-state index contributed by atoms with van der Waals surface area (Å²) in [5.74, 6) is -0.871. The van der Waals surface area contributed by atoms with Crippen LogP contribution in [0.3, 0.4) is 0 Å². The summed E-state index contributed by atoms with van der Waals surface area (Å²) in [5.41, 5.74) is 2.44. The molecule has 2 heterocycles. The number of nitrogens with zero attached hydrogens (tertiary/aromatic N) is 2. The highest BCUT2D eigenvalue weighted by Crippen LogP contribution is 2.30. The van der Waals surface area contributed by atoms with Crippen molar-refractivity contribution in [2.45, 2.75) is 51.5 Å². The highest BCUT2D eigenvalue weighted by Gasteiger charge is 2.52. The Bertz CT molecular complexity index is 1010. The van der Waals surface area contributed by atoms with Gasteiger partial charge in [0, 0.05) is 26.2 Å². The van der Waals surface area contributed by atoms with Crippen LogP contribution < -0.4 is 5.32 Å². The molecule has 2 aliphatic heterocycles. The largest absolute Gasteiger partial charge is 0.464 e. The zero-order valence-electron chi connectivity index (χ0n) is 21.8. The third kappa shape index (κ3) is 6.76. The van der Waals surface area contributed by atoms with E-state index in [0.717, 1.165) is 13.1 Å². The molecule has 0 spiro atoms. The van der Waals surface area contributed by atoms with Gasteiger partial charge in [0.25, 0.3) is 5.91 Å². The second-order valence-corrected chi connectivity index (χ2v) is 10.0. The van der Waals surface area contributed by atoms with E-state index in [2.05, 4.69) is 58.7 Å². The summed E-state index contributed by atoms with van der Waals surface area (Å²) in [4.78, 5) is 42.3. The highest BCUT2D eigenvalue weighted by atomic mass is 16.6. The van der Waals surface area contributed by atoms with Crippen LogP contribution in [-0.4, -0.2) is 78.6 Å². The van der Waals surface area contributed by atoms with Crippen molar-refractivity contribution in [1.29, 1.82) is 0 Å². The molecular weight excluding hydrogens is 470 g/mol. The minimum Gasteiger partial charge on any atom is -0.464 e. The molecule has 0 bridgehead atoms. The van der Waals surface area contributed by atoms with Gasteiger partial charge in [0.1, 0.15) is 6.04 Å². The Kier molecular flexibility index (Phi) is 8.95. The number of carbonyl (C=O) groups excluding carboxylic acids is 3. The third-order valence-corrected chi connectivity index (χ3v) is 6.81. The highest BCUT2D eigenvalue weighted by molar-refractivity contribution is 5.95. The van der Waals surface area contributed by atoms with Crippen molar-refractivity contribution in [3.05, 3.63) is 71.8 Å². The van der Waals surface area contributed by atoms with Gasteiger partial charge in [0.05, 0.1) is 12.6 Å². The molecule has 0 aromatic heterocycles. The number of epoxide rings is 1. The lowest BCUT2D eigenvalue weighted by molar-refractivity contribution is -0.144. The first-order valence-corrected chi connectivity index (χ1v) is 13.1. The smallest absolute Gasteiger partial charge is 0.338 e. The maximum Gasteiger partial charge on any atom is 0.338 e. The Morgan fingerprint density at radius 2 is 1.49 bits per heavy atom. The van der Waals surface area contributed by atoms with Crippen LogP contribution in [0.25, 0.3) is 0 Å². The van der Waals surface area contributed by atoms with E-state index in [1.807, 2.05) is 30.9 Å². The van der Waals surface area contributed by atoms with E-state index in [0.29, 0.717) is 19.5 Å². The fourth-order valence-corrected chi connectivity index (χ4v) is 4.97. The van der Waals surface area contributed by atoms with E-state index < -0.39 is 30.1 Å². The number of hydrogen-bond donors (Lipinski definition) is 1. The van der Waals surface area contributed by atoms with Crippen molar-refractivity contribution in [1.82, 2.24) is 15.1 Å². The van der Waals surface area contributed by atoms with Gasteiger partial charge < -0.3 is 19.7 Å². The molecule has 2 aromatic rings. The summed E-state index contributed by atoms with van der Waals surface area (Å²) in [6.07, 6.45) is -1.26. The molecule has 1 N–H and O–H groups in total. The number of nitrogens with one attached hydrogen (secondary N) is 1. The van der Waals surface area contributed by atoms with Crippen LogP contribution >= 0.6 is 0 Å². The standard InChI is InChI=1S/C29H37N3O5/c1-4-36-29(35)26-25(37-26)27(33)30-23(19-20(2)3)28(34)32-17-15-31(16-18-32)24(21-11-7-5-8-12-21)22-13-9-6-10-14-22/h5-14,20,23-26H,4,15-19H2,1-3H3,(H,30,33). The molecule has 2 fully saturated rings. The molecule has 8 nitrogen and oxygen atoms in total. The lowest BCUT2D eigenvalue weighted by atomic mass is 9.96. The molecule has 2 aliphatic rings. The number of piperazine rings is 1. The van der Waals surface area contributed by atoms with Crippen molar-refractivity contribution in [3.8, 4) is 0 Å². The maximum atomic E-state index is 13.5. The molecule has 2 amide bonds. The van der Waals surface area contributed by atoms with Gasteiger partial charge in [-0.05, 0) is 30.4 Å². The Morgan fingerprint density at radius 1 is 0.919 bits per heavy atom. The van der Waals surface area contributed by atoms with E-state index >= 15 is 0 Å². The van der Waals surface area contributed by atoms with Gasteiger partial charge in [-0.3, -0.25) is 14.5 Å². The van der Waals surface area contributed by atoms with Crippen LogP contribution in [0.5, 0.6) is 0 Å². The zero-order chi connectivity index (χ0) is 26.4. The molecule has 2 saturated heterocycles. The molecule has 3 atom stereocenters. The van der Waals surface area contributed by atoms with Gasteiger partial charge in [-0.1, -0.05) is 74.5 Å². The van der Waals surface area contributed by atoms with Crippen molar-refractivity contribution in [2.24, 2.45) is 5.92 Å². The van der Waals surface area contributed by atoms with E-state index in [4.69, 9.17) is 9.47 Å². The predicted molar refractivity (Wildman–Crippen MR) is 140 cm³/mol. The fraction of sp³-hybridized carbons (Fsp3) is 0.483. The van der Waals surface area contributed by atoms with Crippen LogP contribution in [-0.2, 0) is 23.9 Å². The van der Waals surface area contributed by atoms with Gasteiger partial charge in [-0.25, -0.2) is 4.79 Å². The molecule has 0 saturated carbocycles. The molecule has 198 valence electrons. The molecule has 0 radical (unpaired) electrons. The number of ether oxygens (including phenoxy) is 2. The third-order valence-electron chi connectivity index (χ3n) is 6.81. The van der Waals surface area contributed by atoms with E-state index in [1.54, 1.807) is 6.92 Å². The first-order valence-electron chi connectivity index (χ1n) is 13.1. The van der Waals surface area contributed by atoms with Crippen molar-refractivity contribution >= 4 is 17.8 Å². The second kappa shape index (κ2) is 12.3. The molecule has 4 rings (SSSR count). The lowest BCUT2D eigenvalue weighted by Crippen LogP contribution is -2.56. The number of hydrogen-bond acceptors (Lipinski definition) is 6. The molecule has 2 aromatic carbocycles. The van der Waals surface area contributed by atoms with Crippen molar-refractivity contribution in [3.63, 3.8) is 0 Å². The Hall–Kier alpha value is -3.23. The van der Waals surface area contributed by atoms with Crippen LogP contribution in [0.15, 0.2) is 60.7 Å². The van der Waals surface area contributed by atoms with Gasteiger partial charge in [0.15, 0.2) is 12.2 Å². The molecule has 37 heavy (non-hydrogen) atoms. The number of carbonyl (C=O) groups is 3. The number of rotatable bonds is 10. The Balaban J connectivity index is 1.40. The van der Waals surface area contributed by atoms with Crippen LogP contribution in [0.4, 0.5) is 0 Å². The van der Waals surface area contributed by atoms with Crippen LogP contribution in [0.1, 0.15) is 44.4 Å². The summed E-state index contributed by atoms with van der Waals surface area (Å²) in [6.45, 7) is 8.55. The summed E-state index contributed by atoms with van der Waals surface area (Å²) >= 11 is 0. The molecular formula is C29H37N3O5. The Labute approximate surface area is 218 Å². The summed E-state index contributed by atoms with van der Waals surface area (Å²) in [6, 6.07) is 20.3. The SMILES string of the molecule is CCOC(=O)C1OC1C(=O)NC(CC(C)C)C(=O)N1CCN(C(c2ccccc2)c2ccccc2)CC1. The number of benzene rings is 2. The maximum absolute atomic E-state index is 13.5. The van der Waals surface area contributed by atoms with E-state index in [1.165, 1.54) is 11.1 Å². The van der Waals surface area contributed by atoms with E-state index in [9.17, 15) is 14.4 Å². The minimum atomic E-state index is -0.893. The monoisotopic (exact) mass is 507 g/mol. The van der Waals surface area contributed by atoms with Gasteiger partial charge in [0.2, 0.25) is 5.91 Å². The quantitative estimate of drug-likeness (QED) is 0.393. The van der Waals surface area contributed by atoms with Gasteiger partial charge >= 0.3 is 5.97 Å². The topological polar surface area (TPSA) is 91.5 Å². The lowest BCUT2D eigenvalue weighted by Gasteiger charge is -2.41. The average Bonchev–Trinajstić information content (AvgIpc) is 3.71. The number of esters is 1. The van der Waals surface area contributed by atoms with Crippen LogP contribution in [0.2, 0.25) is 0 Å². The zero-order valence-corrected chi connectivity index (χ0v) is 21.8. The van der Waals surface area contributed by atoms with Crippen molar-refractivity contribution < 1.29 is 23.9 Å². The first kappa shape index (κ1) is 26.8. The predicted octanol–water partition coefficient (Wildman–Crippen LogP) is 2.78. The second-order valence-electron chi connectivity index (χ2n) is 10.0. The van der Waals surface area contributed by atoms with Crippen molar-refractivity contribution in [2.75, 3.05) is 32.8 Å². The molecule has 0 aliphatic carbocycles. The fourth-order valence-electron chi connectivity index (χ4n) is 4.97. The average molecular weight is 508 g/mol. The summed E-state index contributed by atoms with van der Waals surface area (Å²) < 4.78 is 10.2. The molecule has 8 heteroatoms. The normalized spacial score (nSPS) is 20.5. The van der Waals surface area contributed by atoms with Gasteiger partial charge in [-0.2, -0.15) is 0 Å². The molecule has 3 unspecified atom stereocenters. The number of amides is 2. The van der Waals surface area contributed by atoms with E-state index in [-0.39, 0.29) is 24.5 Å². The minimum absolute atomic E-state index is 0.0917. The summed E-state index contributed by atoms with van der Waals surface area (Å²) in [7, 11) is 0. The van der Waals surface area contributed by atoms with Crippen LogP contribution in [0, 0.1) is 5.92 Å². The Morgan fingerprint density at radius 3 is 2.00 bits per heavy atom. The van der Waals surface area contributed by atoms with Gasteiger partial charge in [-0.15, -0.1) is 0 Å². The first-order chi connectivity index (χ1) is 17.9. The summed E-state index contributed by atoms with van der Waals surface area (Å²) in [5, 5.41) is 2.84.